The number of ether oxygens (including phenoxy) is 1. The van der Waals surface area contributed by atoms with Crippen LogP contribution in [0.3, 0.4) is 0 Å². The molecule has 0 saturated heterocycles. The van der Waals surface area contributed by atoms with Crippen molar-refractivity contribution in [3.63, 3.8) is 0 Å². The van der Waals surface area contributed by atoms with Crippen molar-refractivity contribution in [2.45, 2.75) is 0 Å². The number of hydrogen-bond donors (Lipinski definition) is 0. The van der Waals surface area contributed by atoms with Crippen molar-refractivity contribution in [2.24, 2.45) is 0 Å². The number of methoxy groups -OCH3 is 1. The van der Waals surface area contributed by atoms with Crippen LogP contribution in [0.1, 0.15) is 0 Å². The van der Waals surface area contributed by atoms with Crippen LogP contribution in [-0.4, -0.2) is 39.0 Å². The third-order valence-electron chi connectivity index (χ3n) is 3.96. The number of rotatable bonds is 4. The number of fused-ring (bicyclic) bond motifs is 1. The maximum atomic E-state index is 5.29. The summed E-state index contributed by atoms with van der Waals surface area (Å²) in [5.74, 6) is 1.38. The molecule has 0 radical (unpaired) electrons. The van der Waals surface area contributed by atoms with Gasteiger partial charge in [0.25, 0.3) is 0 Å². The molecule has 0 amide bonds. The summed E-state index contributed by atoms with van der Waals surface area (Å²) in [4.78, 5) is 11.0. The summed E-state index contributed by atoms with van der Waals surface area (Å²) in [5.41, 5.74) is 3.55. The highest BCUT2D eigenvalue weighted by atomic mass is 16.5. The van der Waals surface area contributed by atoms with Crippen molar-refractivity contribution in [2.75, 3.05) is 19.1 Å². The van der Waals surface area contributed by atoms with Gasteiger partial charge in [-0.25, -0.2) is 9.97 Å². The number of hydrogen-bond acceptors (Lipinski definition) is 6. The minimum Gasteiger partial charge on any atom is -0.497 e. The predicted octanol–water partition coefficient (Wildman–Crippen LogP) is 2.96. The average molecular weight is 332 g/mol. The summed E-state index contributed by atoms with van der Waals surface area (Å²) in [6.07, 6.45) is 5.21. The number of nitrogens with zero attached hydrogens (tertiary/aromatic N) is 6. The normalized spacial score (nSPS) is 10.8. The van der Waals surface area contributed by atoms with E-state index in [0.29, 0.717) is 5.95 Å². The first-order valence-electron chi connectivity index (χ1n) is 7.76. The Kier molecular flexibility index (Phi) is 3.74. The van der Waals surface area contributed by atoms with E-state index in [2.05, 4.69) is 15.2 Å². The van der Waals surface area contributed by atoms with Gasteiger partial charge in [0, 0.05) is 36.8 Å². The highest BCUT2D eigenvalue weighted by Crippen LogP contribution is 2.27. The van der Waals surface area contributed by atoms with Gasteiger partial charge >= 0.3 is 0 Å². The van der Waals surface area contributed by atoms with Gasteiger partial charge in [-0.2, -0.15) is 14.8 Å². The van der Waals surface area contributed by atoms with Crippen LogP contribution in [0.5, 0.6) is 5.75 Å². The van der Waals surface area contributed by atoms with Gasteiger partial charge in [-0.15, -0.1) is 0 Å². The molecule has 0 aliphatic carbocycles. The van der Waals surface area contributed by atoms with E-state index in [1.807, 2.05) is 54.4 Å². The minimum absolute atomic E-state index is 0.592. The lowest BCUT2D eigenvalue weighted by atomic mass is 10.2. The van der Waals surface area contributed by atoms with E-state index < -0.39 is 0 Å². The summed E-state index contributed by atoms with van der Waals surface area (Å²) >= 11 is 0. The van der Waals surface area contributed by atoms with Crippen LogP contribution in [0.4, 0.5) is 11.6 Å². The van der Waals surface area contributed by atoms with E-state index in [9.17, 15) is 0 Å². The summed E-state index contributed by atoms with van der Waals surface area (Å²) in [6, 6.07) is 13.5. The smallest absolute Gasteiger partial charge is 0.230 e. The van der Waals surface area contributed by atoms with E-state index in [1.165, 1.54) is 0 Å². The second-order valence-corrected chi connectivity index (χ2v) is 5.46. The molecule has 0 atom stereocenters. The lowest BCUT2D eigenvalue weighted by molar-refractivity contribution is 0.415. The Labute approximate surface area is 144 Å². The van der Waals surface area contributed by atoms with Gasteiger partial charge in [-0.05, 0) is 30.3 Å². The largest absolute Gasteiger partial charge is 0.497 e. The summed E-state index contributed by atoms with van der Waals surface area (Å²) in [7, 11) is 3.57. The van der Waals surface area contributed by atoms with E-state index in [0.717, 1.165) is 28.2 Å². The Bertz CT molecular complexity index is 1030. The van der Waals surface area contributed by atoms with Crippen molar-refractivity contribution in [3.8, 4) is 17.0 Å². The molecule has 0 spiro atoms. The molecule has 4 aromatic rings. The second-order valence-electron chi connectivity index (χ2n) is 5.46. The van der Waals surface area contributed by atoms with Gasteiger partial charge in [-0.1, -0.05) is 6.07 Å². The maximum Gasteiger partial charge on any atom is 0.230 e. The third-order valence-corrected chi connectivity index (χ3v) is 3.96. The first kappa shape index (κ1) is 15.1. The molecule has 1 aromatic carbocycles. The molecule has 0 saturated carbocycles. The van der Waals surface area contributed by atoms with Crippen LogP contribution in [0.25, 0.3) is 16.8 Å². The van der Waals surface area contributed by atoms with E-state index in [4.69, 9.17) is 9.72 Å². The van der Waals surface area contributed by atoms with Gasteiger partial charge in [-0.3, -0.25) is 0 Å². The zero-order chi connectivity index (χ0) is 17.2. The van der Waals surface area contributed by atoms with Gasteiger partial charge < -0.3 is 9.64 Å². The van der Waals surface area contributed by atoms with Crippen molar-refractivity contribution >= 4 is 17.2 Å². The van der Waals surface area contributed by atoms with Gasteiger partial charge in [0.2, 0.25) is 5.95 Å². The molecule has 0 N–H and O–H groups in total. The Balaban J connectivity index is 1.74. The molecule has 25 heavy (non-hydrogen) atoms. The summed E-state index contributed by atoms with van der Waals surface area (Å²) < 4.78 is 6.87. The van der Waals surface area contributed by atoms with Crippen molar-refractivity contribution in [1.82, 2.24) is 24.8 Å². The second kappa shape index (κ2) is 6.20. The summed E-state index contributed by atoms with van der Waals surface area (Å²) in [6.45, 7) is 0. The van der Waals surface area contributed by atoms with Crippen LogP contribution >= 0.6 is 0 Å². The Hall–Kier alpha value is -3.48. The molecule has 7 heteroatoms. The monoisotopic (exact) mass is 332 g/mol. The Morgan fingerprint density at radius 1 is 1.04 bits per heavy atom. The number of anilines is 2. The minimum atomic E-state index is 0.592. The van der Waals surface area contributed by atoms with Crippen LogP contribution in [0, 0.1) is 0 Å². The van der Waals surface area contributed by atoms with Crippen LogP contribution in [-0.2, 0) is 0 Å². The molecular formula is C18H16N6O. The average Bonchev–Trinajstić information content (AvgIpc) is 3.12. The molecule has 0 bridgehead atoms. The summed E-state index contributed by atoms with van der Waals surface area (Å²) in [5, 5.41) is 8.45. The third kappa shape index (κ3) is 2.76. The van der Waals surface area contributed by atoms with Crippen LogP contribution < -0.4 is 9.64 Å². The molecule has 3 heterocycles. The molecular weight excluding hydrogens is 316 g/mol. The lowest BCUT2D eigenvalue weighted by Gasteiger charge is -2.18. The van der Waals surface area contributed by atoms with Crippen molar-refractivity contribution in [1.29, 1.82) is 0 Å². The first-order valence-corrected chi connectivity index (χ1v) is 7.76. The lowest BCUT2D eigenvalue weighted by Crippen LogP contribution is -2.13. The van der Waals surface area contributed by atoms with Crippen molar-refractivity contribution < 1.29 is 4.74 Å². The molecule has 0 unspecified atom stereocenters. The van der Waals surface area contributed by atoms with Crippen LogP contribution in [0.15, 0.2) is 61.1 Å². The van der Waals surface area contributed by atoms with Crippen LogP contribution in [0.2, 0.25) is 0 Å². The standard InChI is InChI=1S/C18H16N6O/c1-23(13-5-3-6-14(11-13)25-2)18-19-10-8-16(22-18)15-12-21-24-17(15)7-4-9-20-24/h3-12H,1-2H3. The van der Waals surface area contributed by atoms with Gasteiger partial charge in [0.05, 0.1) is 24.5 Å². The fourth-order valence-electron chi connectivity index (χ4n) is 2.62. The highest BCUT2D eigenvalue weighted by molar-refractivity contribution is 5.77. The first-order chi connectivity index (χ1) is 12.3. The molecule has 3 aromatic heterocycles. The molecule has 7 nitrogen and oxygen atoms in total. The topological polar surface area (TPSA) is 68.4 Å². The zero-order valence-corrected chi connectivity index (χ0v) is 13.9. The zero-order valence-electron chi connectivity index (χ0n) is 13.9. The van der Waals surface area contributed by atoms with Gasteiger partial charge in [0.1, 0.15) is 5.75 Å². The molecule has 0 fully saturated rings. The fraction of sp³-hybridized carbons (Fsp3) is 0.111. The van der Waals surface area contributed by atoms with E-state index in [-0.39, 0.29) is 0 Å². The molecule has 124 valence electrons. The number of benzene rings is 1. The van der Waals surface area contributed by atoms with E-state index >= 15 is 0 Å². The predicted molar refractivity (Wildman–Crippen MR) is 95.1 cm³/mol. The maximum absolute atomic E-state index is 5.29. The molecule has 4 rings (SSSR count). The highest BCUT2D eigenvalue weighted by Gasteiger charge is 2.12. The molecule has 0 aliphatic heterocycles. The van der Waals surface area contributed by atoms with Crippen molar-refractivity contribution in [3.05, 3.63) is 61.1 Å². The van der Waals surface area contributed by atoms with E-state index in [1.54, 1.807) is 30.3 Å². The molecule has 0 aliphatic rings. The van der Waals surface area contributed by atoms with Gasteiger partial charge in [0.15, 0.2) is 0 Å². The quantitative estimate of drug-likeness (QED) is 0.572. The Morgan fingerprint density at radius 3 is 2.84 bits per heavy atom. The fourth-order valence-corrected chi connectivity index (χ4v) is 2.62. The Morgan fingerprint density at radius 2 is 1.96 bits per heavy atom. The SMILES string of the molecule is COc1cccc(N(C)c2nccc(-c3cnn4ncccc34)n2)c1. The number of aromatic nitrogens is 5.